The Balaban J connectivity index is 1.69. The number of nitrogens with zero attached hydrogens (tertiary/aromatic N) is 1. The van der Waals surface area contributed by atoms with E-state index in [1.165, 1.54) is 11.8 Å². The summed E-state index contributed by atoms with van der Waals surface area (Å²) in [7, 11) is 0. The van der Waals surface area contributed by atoms with E-state index < -0.39 is 0 Å². The smallest absolute Gasteiger partial charge is 0.225 e. The van der Waals surface area contributed by atoms with Crippen LogP contribution in [0.25, 0.3) is 0 Å². The molecule has 0 unspecified atom stereocenters. The zero-order valence-electron chi connectivity index (χ0n) is 14.6. The van der Waals surface area contributed by atoms with E-state index in [0.29, 0.717) is 29.4 Å². The lowest BCUT2D eigenvalue weighted by atomic mass is 9.87. The number of nitrogens with one attached hydrogen (secondary N) is 1. The zero-order valence-corrected chi connectivity index (χ0v) is 15.4. The third kappa shape index (κ3) is 4.47. The molecule has 1 aliphatic heterocycles. The van der Waals surface area contributed by atoms with Crippen molar-refractivity contribution in [3.8, 4) is 11.8 Å². The number of hydrogen-bond donors (Lipinski definition) is 1. The van der Waals surface area contributed by atoms with Gasteiger partial charge in [-0.15, -0.1) is 11.8 Å². The van der Waals surface area contributed by atoms with E-state index in [4.69, 9.17) is 4.74 Å². The highest BCUT2D eigenvalue weighted by Crippen LogP contribution is 2.35. The summed E-state index contributed by atoms with van der Waals surface area (Å²) < 4.78 is 5.68. The van der Waals surface area contributed by atoms with Crippen molar-refractivity contribution >= 4 is 17.7 Å². The summed E-state index contributed by atoms with van der Waals surface area (Å²) in [6.07, 6.45) is 0.302. The van der Waals surface area contributed by atoms with Gasteiger partial charge in [-0.2, -0.15) is 5.26 Å². The van der Waals surface area contributed by atoms with E-state index in [9.17, 15) is 10.1 Å². The van der Waals surface area contributed by atoms with Crippen LogP contribution in [-0.4, -0.2) is 18.3 Å². The number of carbonyl (C=O) groups is 1. The number of thioether (sulfide) groups is 1. The third-order valence-electron chi connectivity index (χ3n) is 4.18. The Morgan fingerprint density at radius 2 is 1.92 bits per heavy atom. The average Bonchev–Trinajstić information content (AvgIpc) is 2.66. The normalized spacial score (nSPS) is 16.8. The monoisotopic (exact) mass is 364 g/mol. The maximum Gasteiger partial charge on any atom is 0.225 e. The summed E-state index contributed by atoms with van der Waals surface area (Å²) in [6, 6.07) is 19.9. The first-order valence-corrected chi connectivity index (χ1v) is 9.47. The van der Waals surface area contributed by atoms with Crippen molar-refractivity contribution in [2.75, 3.05) is 12.4 Å². The van der Waals surface area contributed by atoms with Gasteiger partial charge in [0.05, 0.1) is 23.3 Å². The Labute approximate surface area is 157 Å². The Morgan fingerprint density at radius 1 is 1.19 bits per heavy atom. The first-order chi connectivity index (χ1) is 12.7. The summed E-state index contributed by atoms with van der Waals surface area (Å²) in [5.74, 6) is 1.22. The molecule has 1 amide bonds. The molecular formula is C21H20N2O2S. The highest BCUT2D eigenvalue weighted by Gasteiger charge is 2.29. The van der Waals surface area contributed by atoms with E-state index in [1.807, 2.05) is 61.5 Å². The number of carbonyl (C=O) groups excluding carboxylic acids is 1. The molecule has 2 aromatic rings. The Kier molecular flexibility index (Phi) is 5.98. The largest absolute Gasteiger partial charge is 0.493 e. The third-order valence-corrected chi connectivity index (χ3v) is 5.16. The molecule has 132 valence electrons. The van der Waals surface area contributed by atoms with Crippen LogP contribution in [0.1, 0.15) is 23.5 Å². The van der Waals surface area contributed by atoms with Crippen LogP contribution in [0.2, 0.25) is 0 Å². The second-order valence-corrected chi connectivity index (χ2v) is 7.19. The van der Waals surface area contributed by atoms with Gasteiger partial charge < -0.3 is 10.1 Å². The standard InChI is InChI=1S/C21H20N2O2S/c1-15-7-9-16(10-8-15)18-13-20(24)23-21(19(18)14-22)26-12-11-25-17-5-3-2-4-6-17/h2-10,18H,11-13H2,1H3,(H,23,24)/t18-/m1/s1. The topological polar surface area (TPSA) is 62.1 Å². The molecule has 1 atom stereocenters. The number of amides is 1. The summed E-state index contributed by atoms with van der Waals surface area (Å²) in [5, 5.41) is 13.2. The molecule has 0 aliphatic carbocycles. The number of rotatable bonds is 6. The van der Waals surface area contributed by atoms with E-state index in [-0.39, 0.29) is 11.8 Å². The van der Waals surface area contributed by atoms with Crippen LogP contribution >= 0.6 is 11.8 Å². The van der Waals surface area contributed by atoms with E-state index in [1.54, 1.807) is 0 Å². The number of para-hydroxylation sites is 1. The average molecular weight is 364 g/mol. The van der Waals surface area contributed by atoms with E-state index in [2.05, 4.69) is 11.4 Å². The fourth-order valence-electron chi connectivity index (χ4n) is 2.84. The minimum absolute atomic E-state index is 0.0546. The molecule has 1 N–H and O–H groups in total. The number of aryl methyl sites for hydroxylation is 1. The lowest BCUT2D eigenvalue weighted by molar-refractivity contribution is -0.120. The van der Waals surface area contributed by atoms with Gasteiger partial charge in [-0.05, 0) is 24.6 Å². The van der Waals surface area contributed by atoms with Crippen LogP contribution in [-0.2, 0) is 4.79 Å². The summed E-state index contributed by atoms with van der Waals surface area (Å²) >= 11 is 1.45. The number of benzene rings is 2. The lowest BCUT2D eigenvalue weighted by Gasteiger charge is -2.25. The molecule has 3 rings (SSSR count). The van der Waals surface area contributed by atoms with Crippen LogP contribution < -0.4 is 10.1 Å². The number of hydrogen-bond acceptors (Lipinski definition) is 4. The fraction of sp³-hybridized carbons (Fsp3) is 0.238. The molecule has 0 saturated heterocycles. The van der Waals surface area contributed by atoms with Gasteiger partial charge in [-0.25, -0.2) is 0 Å². The van der Waals surface area contributed by atoms with Gasteiger partial charge in [0.15, 0.2) is 0 Å². The lowest BCUT2D eigenvalue weighted by Crippen LogP contribution is -2.31. The van der Waals surface area contributed by atoms with Crippen LogP contribution in [0.15, 0.2) is 65.2 Å². The Morgan fingerprint density at radius 3 is 2.62 bits per heavy atom. The Hall–Kier alpha value is -2.71. The summed E-state index contributed by atoms with van der Waals surface area (Å²) in [4.78, 5) is 12.1. The van der Waals surface area contributed by atoms with Gasteiger partial charge in [0.25, 0.3) is 0 Å². The molecule has 4 nitrogen and oxygen atoms in total. The summed E-state index contributed by atoms with van der Waals surface area (Å²) in [6.45, 7) is 2.52. The van der Waals surface area contributed by atoms with Crippen molar-refractivity contribution in [3.63, 3.8) is 0 Å². The van der Waals surface area contributed by atoms with E-state index in [0.717, 1.165) is 16.9 Å². The Bertz CT molecular complexity index is 839. The van der Waals surface area contributed by atoms with Crippen molar-refractivity contribution in [2.45, 2.75) is 19.3 Å². The van der Waals surface area contributed by atoms with Gasteiger partial charge in [0, 0.05) is 18.1 Å². The SMILES string of the molecule is Cc1ccc([C@H]2CC(=O)NC(SCCOc3ccccc3)=C2C#N)cc1. The van der Waals surface area contributed by atoms with Gasteiger partial charge in [0.1, 0.15) is 5.75 Å². The molecule has 26 heavy (non-hydrogen) atoms. The van der Waals surface area contributed by atoms with Crippen molar-refractivity contribution in [1.29, 1.82) is 5.26 Å². The maximum absolute atomic E-state index is 12.1. The molecule has 1 heterocycles. The molecular weight excluding hydrogens is 344 g/mol. The van der Waals surface area contributed by atoms with Gasteiger partial charge in [-0.1, -0.05) is 48.0 Å². The first kappa shape index (κ1) is 18.1. The van der Waals surface area contributed by atoms with Crippen molar-refractivity contribution in [2.24, 2.45) is 0 Å². The van der Waals surface area contributed by atoms with Crippen LogP contribution in [0, 0.1) is 18.3 Å². The quantitative estimate of drug-likeness (QED) is 0.782. The van der Waals surface area contributed by atoms with Gasteiger partial charge >= 0.3 is 0 Å². The van der Waals surface area contributed by atoms with Gasteiger partial charge in [-0.3, -0.25) is 4.79 Å². The number of nitriles is 1. The number of allylic oxidation sites excluding steroid dienone is 1. The predicted molar refractivity (Wildman–Crippen MR) is 104 cm³/mol. The molecule has 0 radical (unpaired) electrons. The maximum atomic E-state index is 12.1. The zero-order chi connectivity index (χ0) is 18.4. The van der Waals surface area contributed by atoms with Gasteiger partial charge in [0.2, 0.25) is 5.91 Å². The molecule has 0 spiro atoms. The highest BCUT2D eigenvalue weighted by atomic mass is 32.2. The molecule has 0 bridgehead atoms. The second-order valence-electron chi connectivity index (χ2n) is 6.08. The number of ether oxygens (including phenoxy) is 1. The molecule has 0 fully saturated rings. The predicted octanol–water partition coefficient (Wildman–Crippen LogP) is 4.15. The molecule has 5 heteroatoms. The molecule has 1 aliphatic rings. The highest BCUT2D eigenvalue weighted by molar-refractivity contribution is 8.03. The summed E-state index contributed by atoms with van der Waals surface area (Å²) in [5.41, 5.74) is 2.78. The fourth-order valence-corrected chi connectivity index (χ4v) is 3.74. The molecule has 0 saturated carbocycles. The minimum Gasteiger partial charge on any atom is -0.493 e. The van der Waals surface area contributed by atoms with Crippen molar-refractivity contribution in [1.82, 2.24) is 5.32 Å². The van der Waals surface area contributed by atoms with E-state index >= 15 is 0 Å². The first-order valence-electron chi connectivity index (χ1n) is 8.48. The second kappa shape index (κ2) is 8.59. The van der Waals surface area contributed by atoms with Crippen LogP contribution in [0.4, 0.5) is 0 Å². The van der Waals surface area contributed by atoms with Crippen LogP contribution in [0.5, 0.6) is 5.75 Å². The van der Waals surface area contributed by atoms with Crippen molar-refractivity contribution in [3.05, 3.63) is 76.3 Å². The van der Waals surface area contributed by atoms with Crippen LogP contribution in [0.3, 0.4) is 0 Å². The molecule has 2 aromatic carbocycles. The van der Waals surface area contributed by atoms with Crippen molar-refractivity contribution < 1.29 is 9.53 Å². The minimum atomic E-state index is -0.188. The molecule has 0 aromatic heterocycles.